The normalized spacial score (nSPS) is 12.2. The third-order valence-electron chi connectivity index (χ3n) is 3.43. The van der Waals surface area contributed by atoms with E-state index in [0.29, 0.717) is 15.6 Å². The first-order valence-electron chi connectivity index (χ1n) is 7.53. The molecule has 0 aliphatic rings. The summed E-state index contributed by atoms with van der Waals surface area (Å²) in [6, 6.07) is 12.0. The number of aliphatic hydroxyl groups is 1. The number of ether oxygens (including phenoxy) is 1. The van der Waals surface area contributed by atoms with E-state index in [1.807, 2.05) is 30.3 Å². The lowest BCUT2D eigenvalue weighted by molar-refractivity contribution is -0.429. The third kappa shape index (κ3) is 4.13. The molecule has 1 aromatic heterocycles. The van der Waals surface area contributed by atoms with Crippen LogP contribution < -0.4 is 10.5 Å². The number of hydrogen-bond donors (Lipinski definition) is 2. The number of halogens is 2. The molecule has 0 spiro atoms. The number of hydrogen-bond acceptors (Lipinski definition) is 5. The molecule has 0 saturated heterocycles. The Morgan fingerprint density at radius 3 is 2.64 bits per heavy atom. The van der Waals surface area contributed by atoms with Gasteiger partial charge in [-0.15, -0.1) is 10.2 Å². The van der Waals surface area contributed by atoms with Crippen LogP contribution in [0.15, 0.2) is 42.5 Å². The van der Waals surface area contributed by atoms with Gasteiger partial charge in [0.1, 0.15) is 22.7 Å². The Bertz CT molecular complexity index is 860. The quantitative estimate of drug-likeness (QED) is 0.688. The van der Waals surface area contributed by atoms with Crippen LogP contribution in [0, 0.1) is 5.82 Å². The second-order valence-corrected chi connectivity index (χ2v) is 6.79. The highest BCUT2D eigenvalue weighted by molar-refractivity contribution is 7.18. The molecule has 130 valence electrons. The Morgan fingerprint density at radius 1 is 1.20 bits per heavy atom. The largest absolute Gasteiger partial charge is 0.484 e. The number of nitrogens with zero attached hydrogens (tertiary/aromatic N) is 2. The van der Waals surface area contributed by atoms with Crippen molar-refractivity contribution in [1.29, 1.82) is 0 Å². The number of aliphatic hydroxyl groups excluding tert-OH is 1. The maximum atomic E-state index is 14.3. The minimum Gasteiger partial charge on any atom is -0.484 e. The van der Waals surface area contributed by atoms with E-state index in [2.05, 4.69) is 15.9 Å². The molecule has 0 radical (unpaired) electrons. The summed E-state index contributed by atoms with van der Waals surface area (Å²) in [5, 5.41) is 18.8. The second-order valence-electron chi connectivity index (χ2n) is 5.40. The van der Waals surface area contributed by atoms with Gasteiger partial charge in [0.2, 0.25) is 0 Å². The van der Waals surface area contributed by atoms with Crippen LogP contribution in [0.2, 0.25) is 5.02 Å². The summed E-state index contributed by atoms with van der Waals surface area (Å²) in [5.74, 6) is -0.537. The lowest BCUT2D eigenvalue weighted by Crippen LogP contribution is -2.65. The average molecular weight is 381 g/mol. The van der Waals surface area contributed by atoms with Gasteiger partial charge in [-0.1, -0.05) is 53.3 Å². The molecule has 2 aromatic carbocycles. The van der Waals surface area contributed by atoms with Gasteiger partial charge in [-0.3, -0.25) is 0 Å². The lowest BCUT2D eigenvalue weighted by atomic mass is 10.2. The van der Waals surface area contributed by atoms with E-state index in [1.165, 1.54) is 23.5 Å². The highest BCUT2D eigenvalue weighted by Gasteiger charge is 2.17. The van der Waals surface area contributed by atoms with Gasteiger partial charge in [-0.2, -0.15) is 0 Å². The summed E-state index contributed by atoms with van der Waals surface area (Å²) < 4.78 is 19.6. The monoisotopic (exact) mass is 380 g/mol. The van der Waals surface area contributed by atoms with Gasteiger partial charge in [0, 0.05) is 17.2 Å². The van der Waals surface area contributed by atoms with Gasteiger partial charge >= 0.3 is 0 Å². The molecule has 1 heterocycles. The van der Waals surface area contributed by atoms with Crippen LogP contribution in [0.3, 0.4) is 0 Å². The fourth-order valence-electron chi connectivity index (χ4n) is 2.09. The first kappa shape index (κ1) is 17.8. The van der Waals surface area contributed by atoms with Gasteiger partial charge in [-0.05, 0) is 6.07 Å². The van der Waals surface area contributed by atoms with Crippen molar-refractivity contribution in [2.45, 2.75) is 6.04 Å². The van der Waals surface area contributed by atoms with Gasteiger partial charge in [0.25, 0.3) is 0 Å². The smallest absolute Gasteiger partial charge is 0.165 e. The number of quaternary nitrogens is 1. The maximum absolute atomic E-state index is 14.3. The van der Waals surface area contributed by atoms with Crippen LogP contribution in [0.4, 0.5) is 4.39 Å². The summed E-state index contributed by atoms with van der Waals surface area (Å²) >= 11 is 7.60. The van der Waals surface area contributed by atoms with Crippen LogP contribution in [-0.4, -0.2) is 34.6 Å². The zero-order valence-corrected chi connectivity index (χ0v) is 14.7. The van der Waals surface area contributed by atoms with Gasteiger partial charge in [0.05, 0.1) is 11.6 Å². The second kappa shape index (κ2) is 7.88. The van der Waals surface area contributed by atoms with E-state index >= 15 is 0 Å². The Morgan fingerprint density at radius 2 is 1.92 bits per heavy atom. The Kier molecular flexibility index (Phi) is 5.60. The molecule has 8 heteroatoms. The van der Waals surface area contributed by atoms with Crippen molar-refractivity contribution in [2.75, 3.05) is 13.2 Å². The Hall–Kier alpha value is -2.06. The molecule has 0 aliphatic heterocycles. The summed E-state index contributed by atoms with van der Waals surface area (Å²) in [7, 11) is 0. The van der Waals surface area contributed by atoms with Crippen molar-refractivity contribution in [3.05, 3.63) is 53.3 Å². The van der Waals surface area contributed by atoms with Crippen LogP contribution in [-0.2, 0) is 0 Å². The molecule has 0 amide bonds. The third-order valence-corrected chi connectivity index (χ3v) is 4.75. The highest BCUT2D eigenvalue weighted by Crippen LogP contribution is 2.37. The fraction of sp³-hybridized carbons (Fsp3) is 0.176. The summed E-state index contributed by atoms with van der Waals surface area (Å²) in [6.45, 7) is -0.0411. The Balaban J connectivity index is 1.86. The van der Waals surface area contributed by atoms with E-state index < -0.39 is 5.82 Å². The van der Waals surface area contributed by atoms with Crippen molar-refractivity contribution in [2.24, 2.45) is 0 Å². The minimum absolute atomic E-state index is 0.0173. The van der Waals surface area contributed by atoms with Crippen LogP contribution in [0.5, 0.6) is 5.75 Å². The van der Waals surface area contributed by atoms with E-state index in [4.69, 9.17) is 21.4 Å². The number of aromatic nitrogens is 2. The predicted octanol–water partition coefficient (Wildman–Crippen LogP) is 2.65. The molecule has 1 atom stereocenters. The average Bonchev–Trinajstić information content (AvgIpc) is 3.12. The van der Waals surface area contributed by atoms with Crippen molar-refractivity contribution < 1.29 is 20.0 Å². The number of benzene rings is 2. The molecule has 0 saturated carbocycles. The Labute approximate surface area is 152 Å². The topological polar surface area (TPSA) is 82.9 Å². The number of rotatable bonds is 6. The predicted molar refractivity (Wildman–Crippen MR) is 95.0 cm³/mol. The molecule has 5 nitrogen and oxygen atoms in total. The van der Waals surface area contributed by atoms with Crippen LogP contribution in [0.1, 0.15) is 0 Å². The molecular weight excluding hydrogens is 365 g/mol. The maximum Gasteiger partial charge on any atom is 0.165 e. The molecule has 4 N–H and O–H groups in total. The zero-order chi connectivity index (χ0) is 17.8. The molecule has 0 aliphatic carbocycles. The van der Waals surface area contributed by atoms with Crippen LogP contribution >= 0.6 is 22.9 Å². The van der Waals surface area contributed by atoms with Gasteiger partial charge in [-0.25, -0.2) is 4.39 Å². The molecule has 25 heavy (non-hydrogen) atoms. The summed E-state index contributed by atoms with van der Waals surface area (Å²) in [4.78, 5) is 0. The SMILES string of the molecule is [NH3+]C(CO)COc1cc(Cl)c(-c2nnc(-c3ccccc3)s2)cc1F. The van der Waals surface area contributed by atoms with Crippen molar-refractivity contribution in [1.82, 2.24) is 10.2 Å². The molecule has 0 bridgehead atoms. The zero-order valence-electron chi connectivity index (χ0n) is 13.2. The van der Waals surface area contributed by atoms with E-state index in [-0.39, 0.29) is 25.0 Å². The molecule has 3 rings (SSSR count). The standard InChI is InChI=1S/C17H15ClFN3O2S/c18-13-7-15(24-9-11(20)8-23)14(19)6-12(13)17-22-21-16(25-17)10-4-2-1-3-5-10/h1-7,11,23H,8-9,20H2/p+1. The first-order chi connectivity index (χ1) is 12.1. The molecule has 1 unspecified atom stereocenters. The van der Waals surface area contributed by atoms with Crippen molar-refractivity contribution >= 4 is 22.9 Å². The first-order valence-corrected chi connectivity index (χ1v) is 8.73. The van der Waals surface area contributed by atoms with E-state index in [1.54, 1.807) is 0 Å². The van der Waals surface area contributed by atoms with Crippen LogP contribution in [0.25, 0.3) is 21.1 Å². The van der Waals surface area contributed by atoms with Crippen molar-refractivity contribution in [3.8, 4) is 26.9 Å². The molecule has 3 aromatic rings. The summed E-state index contributed by atoms with van der Waals surface area (Å²) in [6.07, 6.45) is 0. The van der Waals surface area contributed by atoms with Gasteiger partial charge < -0.3 is 15.6 Å². The van der Waals surface area contributed by atoms with E-state index in [0.717, 1.165) is 10.6 Å². The fourth-order valence-corrected chi connectivity index (χ4v) is 3.27. The minimum atomic E-state index is -0.555. The molecular formula is C17H16ClFN3O2S+. The highest BCUT2D eigenvalue weighted by atomic mass is 35.5. The summed E-state index contributed by atoms with van der Waals surface area (Å²) in [5.41, 5.74) is 5.07. The van der Waals surface area contributed by atoms with E-state index in [9.17, 15) is 4.39 Å². The van der Waals surface area contributed by atoms with Crippen molar-refractivity contribution in [3.63, 3.8) is 0 Å². The van der Waals surface area contributed by atoms with Gasteiger partial charge in [0.15, 0.2) is 11.6 Å². The molecule has 0 fully saturated rings. The lowest BCUT2D eigenvalue weighted by Gasteiger charge is -2.11.